The van der Waals surface area contributed by atoms with Crippen LogP contribution in [0.25, 0.3) is 22.2 Å². The molecule has 0 aliphatic heterocycles. The predicted octanol–water partition coefficient (Wildman–Crippen LogP) is 6.81. The summed E-state index contributed by atoms with van der Waals surface area (Å²) in [6.07, 6.45) is 3.42. The number of pyridine rings is 1. The molecule has 0 atom stereocenters. The standard InChI is InChI=1S/C27H26N2O/c1-3-4-9-20-13-15-22(16-14-20)28-27(30)24-18-26(21-10-7-8-19(2)17-21)29-25-12-6-5-11-23(24)25/h5-8,10-18H,3-4,9H2,1-2H3,(H,28,30). The van der Waals surface area contributed by atoms with Gasteiger partial charge in [-0.15, -0.1) is 0 Å². The third-order valence-corrected chi connectivity index (χ3v) is 5.31. The van der Waals surface area contributed by atoms with Gasteiger partial charge in [0.2, 0.25) is 0 Å². The van der Waals surface area contributed by atoms with Gasteiger partial charge in [-0.05, 0) is 55.7 Å². The molecule has 0 spiro atoms. The number of unbranched alkanes of at least 4 members (excludes halogenated alkanes) is 1. The monoisotopic (exact) mass is 394 g/mol. The molecule has 0 aliphatic rings. The van der Waals surface area contributed by atoms with Crippen LogP contribution in [0.3, 0.4) is 0 Å². The molecule has 0 saturated carbocycles. The molecule has 3 heteroatoms. The Morgan fingerprint density at radius 3 is 2.50 bits per heavy atom. The molecule has 3 nitrogen and oxygen atoms in total. The smallest absolute Gasteiger partial charge is 0.256 e. The Hall–Kier alpha value is -3.46. The first-order chi connectivity index (χ1) is 14.6. The molecule has 3 aromatic carbocycles. The summed E-state index contributed by atoms with van der Waals surface area (Å²) < 4.78 is 0. The van der Waals surface area contributed by atoms with Crippen LogP contribution in [0.1, 0.15) is 41.3 Å². The fourth-order valence-corrected chi connectivity index (χ4v) is 3.65. The van der Waals surface area contributed by atoms with E-state index in [0.717, 1.165) is 39.8 Å². The largest absolute Gasteiger partial charge is 0.322 e. The molecule has 0 unspecified atom stereocenters. The highest BCUT2D eigenvalue weighted by Gasteiger charge is 2.14. The minimum absolute atomic E-state index is 0.121. The van der Waals surface area contributed by atoms with E-state index in [1.165, 1.54) is 18.4 Å². The summed E-state index contributed by atoms with van der Waals surface area (Å²) >= 11 is 0. The Balaban J connectivity index is 1.67. The molecule has 1 aromatic heterocycles. The van der Waals surface area contributed by atoms with Gasteiger partial charge in [-0.3, -0.25) is 4.79 Å². The van der Waals surface area contributed by atoms with Crippen molar-refractivity contribution in [2.75, 3.05) is 5.32 Å². The summed E-state index contributed by atoms with van der Waals surface area (Å²) in [5.74, 6) is -0.121. The van der Waals surface area contributed by atoms with Crippen molar-refractivity contribution in [3.8, 4) is 11.3 Å². The average molecular weight is 395 g/mol. The van der Waals surface area contributed by atoms with Crippen LogP contribution in [-0.4, -0.2) is 10.9 Å². The van der Waals surface area contributed by atoms with E-state index in [0.29, 0.717) is 5.56 Å². The SMILES string of the molecule is CCCCc1ccc(NC(=O)c2cc(-c3cccc(C)c3)nc3ccccc23)cc1. The summed E-state index contributed by atoms with van der Waals surface area (Å²) in [6, 6.07) is 26.0. The maximum atomic E-state index is 13.2. The van der Waals surface area contributed by atoms with Gasteiger partial charge in [0.05, 0.1) is 16.8 Å². The zero-order valence-corrected chi connectivity index (χ0v) is 17.5. The fraction of sp³-hybridized carbons (Fsp3) is 0.185. The Kier molecular flexibility index (Phi) is 5.89. The number of hydrogen-bond donors (Lipinski definition) is 1. The van der Waals surface area contributed by atoms with Crippen molar-refractivity contribution in [2.24, 2.45) is 0 Å². The van der Waals surface area contributed by atoms with E-state index in [-0.39, 0.29) is 5.91 Å². The minimum Gasteiger partial charge on any atom is -0.322 e. The number of rotatable bonds is 6. The summed E-state index contributed by atoms with van der Waals surface area (Å²) in [4.78, 5) is 18.0. The Labute approximate surface area is 177 Å². The molecule has 150 valence electrons. The summed E-state index contributed by atoms with van der Waals surface area (Å²) in [5.41, 5.74) is 6.53. The number of benzene rings is 3. The van der Waals surface area contributed by atoms with Crippen molar-refractivity contribution < 1.29 is 4.79 Å². The van der Waals surface area contributed by atoms with Gasteiger partial charge in [-0.2, -0.15) is 0 Å². The maximum absolute atomic E-state index is 13.2. The van der Waals surface area contributed by atoms with Crippen molar-refractivity contribution in [3.63, 3.8) is 0 Å². The van der Waals surface area contributed by atoms with E-state index in [4.69, 9.17) is 4.98 Å². The lowest BCUT2D eigenvalue weighted by Crippen LogP contribution is -2.13. The van der Waals surface area contributed by atoms with Crippen LogP contribution in [0.5, 0.6) is 0 Å². The number of anilines is 1. The number of aryl methyl sites for hydroxylation is 2. The zero-order valence-electron chi connectivity index (χ0n) is 17.5. The number of carbonyl (C=O) groups excluding carboxylic acids is 1. The average Bonchev–Trinajstić information content (AvgIpc) is 2.78. The second-order valence-electron chi connectivity index (χ2n) is 7.70. The van der Waals surface area contributed by atoms with Gasteiger partial charge in [-0.1, -0.05) is 67.4 Å². The maximum Gasteiger partial charge on any atom is 0.256 e. The van der Waals surface area contributed by atoms with Crippen LogP contribution in [0.15, 0.2) is 78.9 Å². The second kappa shape index (κ2) is 8.91. The van der Waals surface area contributed by atoms with E-state index in [2.05, 4.69) is 43.4 Å². The summed E-state index contributed by atoms with van der Waals surface area (Å²) in [6.45, 7) is 4.25. The molecule has 0 aliphatic carbocycles. The highest BCUT2D eigenvalue weighted by atomic mass is 16.1. The lowest BCUT2D eigenvalue weighted by molar-refractivity contribution is 0.102. The first-order valence-corrected chi connectivity index (χ1v) is 10.5. The van der Waals surface area contributed by atoms with Crippen LogP contribution in [-0.2, 0) is 6.42 Å². The zero-order chi connectivity index (χ0) is 20.9. The first kappa shape index (κ1) is 19.8. The molecule has 0 bridgehead atoms. The van der Waals surface area contributed by atoms with Crippen LogP contribution in [0.4, 0.5) is 5.69 Å². The van der Waals surface area contributed by atoms with Gasteiger partial charge >= 0.3 is 0 Å². The highest BCUT2D eigenvalue weighted by molar-refractivity contribution is 6.13. The predicted molar refractivity (Wildman–Crippen MR) is 125 cm³/mol. The number of nitrogens with one attached hydrogen (secondary N) is 1. The normalized spacial score (nSPS) is 10.9. The van der Waals surface area contributed by atoms with Crippen molar-refractivity contribution in [3.05, 3.63) is 95.6 Å². The number of carbonyl (C=O) groups is 1. The van der Waals surface area contributed by atoms with E-state index < -0.39 is 0 Å². The Bertz CT molecular complexity index is 1180. The molecule has 1 N–H and O–H groups in total. The Morgan fingerprint density at radius 2 is 1.73 bits per heavy atom. The molecule has 4 aromatic rings. The fourth-order valence-electron chi connectivity index (χ4n) is 3.65. The second-order valence-corrected chi connectivity index (χ2v) is 7.70. The van der Waals surface area contributed by atoms with Gasteiger partial charge < -0.3 is 5.32 Å². The molecule has 1 amide bonds. The lowest BCUT2D eigenvalue weighted by Gasteiger charge is -2.11. The molecule has 4 rings (SSSR count). The van der Waals surface area contributed by atoms with Crippen molar-refractivity contribution in [1.29, 1.82) is 0 Å². The van der Waals surface area contributed by atoms with Crippen molar-refractivity contribution in [2.45, 2.75) is 33.1 Å². The molecule has 1 heterocycles. The molecular weight excluding hydrogens is 368 g/mol. The number of aromatic nitrogens is 1. The van der Waals surface area contributed by atoms with Gasteiger partial charge in [-0.25, -0.2) is 4.98 Å². The number of hydrogen-bond acceptors (Lipinski definition) is 2. The molecular formula is C27H26N2O. The number of fused-ring (bicyclic) bond motifs is 1. The highest BCUT2D eigenvalue weighted by Crippen LogP contribution is 2.26. The van der Waals surface area contributed by atoms with Crippen molar-refractivity contribution >= 4 is 22.5 Å². The third-order valence-electron chi connectivity index (χ3n) is 5.31. The van der Waals surface area contributed by atoms with Crippen LogP contribution >= 0.6 is 0 Å². The number of para-hydroxylation sites is 1. The van der Waals surface area contributed by atoms with E-state index in [9.17, 15) is 4.79 Å². The molecule has 0 radical (unpaired) electrons. The van der Waals surface area contributed by atoms with E-state index in [1.807, 2.05) is 54.6 Å². The van der Waals surface area contributed by atoms with Crippen molar-refractivity contribution in [1.82, 2.24) is 4.98 Å². The third kappa shape index (κ3) is 4.41. The Morgan fingerprint density at radius 1 is 0.933 bits per heavy atom. The van der Waals surface area contributed by atoms with E-state index in [1.54, 1.807) is 0 Å². The summed E-state index contributed by atoms with van der Waals surface area (Å²) in [7, 11) is 0. The van der Waals surface area contributed by atoms with Gasteiger partial charge in [0.25, 0.3) is 5.91 Å². The van der Waals surface area contributed by atoms with Gasteiger partial charge in [0.15, 0.2) is 0 Å². The minimum atomic E-state index is -0.121. The topological polar surface area (TPSA) is 42.0 Å². The van der Waals surface area contributed by atoms with E-state index >= 15 is 0 Å². The molecule has 0 saturated heterocycles. The quantitative estimate of drug-likeness (QED) is 0.390. The number of amides is 1. The van der Waals surface area contributed by atoms with Crippen LogP contribution in [0, 0.1) is 6.92 Å². The lowest BCUT2D eigenvalue weighted by atomic mass is 10.0. The molecule has 30 heavy (non-hydrogen) atoms. The summed E-state index contributed by atoms with van der Waals surface area (Å²) in [5, 5.41) is 3.91. The molecule has 0 fully saturated rings. The number of nitrogens with zero attached hydrogens (tertiary/aromatic N) is 1. The van der Waals surface area contributed by atoms with Gasteiger partial charge in [0.1, 0.15) is 0 Å². The van der Waals surface area contributed by atoms with Crippen LogP contribution < -0.4 is 5.32 Å². The van der Waals surface area contributed by atoms with Gasteiger partial charge in [0, 0.05) is 16.6 Å². The first-order valence-electron chi connectivity index (χ1n) is 10.5. The van der Waals surface area contributed by atoms with Crippen LogP contribution in [0.2, 0.25) is 0 Å².